The van der Waals surface area contributed by atoms with Crippen LogP contribution in [0.2, 0.25) is 5.02 Å². The van der Waals surface area contributed by atoms with Gasteiger partial charge in [-0.2, -0.15) is 0 Å². The summed E-state index contributed by atoms with van der Waals surface area (Å²) in [4.78, 5) is 4.10. The Labute approximate surface area is 115 Å². The summed E-state index contributed by atoms with van der Waals surface area (Å²) in [6.07, 6.45) is 1.60. The van der Waals surface area contributed by atoms with Crippen LogP contribution in [0.1, 0.15) is 11.3 Å². The number of nitrogens with one attached hydrogen (secondary N) is 1. The van der Waals surface area contributed by atoms with Gasteiger partial charge in [-0.1, -0.05) is 22.8 Å². The number of anilines is 1. The first kappa shape index (κ1) is 13.2. The highest BCUT2D eigenvalue weighted by Crippen LogP contribution is 2.15. The van der Waals surface area contributed by atoms with E-state index in [4.69, 9.17) is 22.5 Å². The molecule has 0 spiro atoms. The molecule has 5 nitrogen and oxygen atoms in total. The van der Waals surface area contributed by atoms with Crippen LogP contribution in [0.4, 0.5) is 5.69 Å². The molecule has 0 saturated heterocycles. The molecular formula is C13H13ClN4O. The Bertz CT molecular complexity index is 583. The van der Waals surface area contributed by atoms with Crippen LogP contribution in [0.5, 0.6) is 0 Å². The lowest BCUT2D eigenvalue weighted by molar-refractivity contribution is 0.318. The van der Waals surface area contributed by atoms with Crippen LogP contribution in [0, 0.1) is 0 Å². The fourth-order valence-electron chi connectivity index (χ4n) is 1.62. The van der Waals surface area contributed by atoms with Gasteiger partial charge in [-0.25, -0.2) is 0 Å². The fourth-order valence-corrected chi connectivity index (χ4v) is 1.75. The van der Waals surface area contributed by atoms with E-state index >= 15 is 0 Å². The third-order valence-electron chi connectivity index (χ3n) is 2.57. The normalized spacial score (nSPS) is 11.3. The van der Waals surface area contributed by atoms with E-state index in [1.54, 1.807) is 24.4 Å². The van der Waals surface area contributed by atoms with Gasteiger partial charge in [0.2, 0.25) is 0 Å². The van der Waals surface area contributed by atoms with E-state index in [1.165, 1.54) is 0 Å². The molecule has 6 heteroatoms. The number of amidine groups is 1. The Morgan fingerprint density at radius 2 is 2.05 bits per heavy atom. The SMILES string of the molecule is NC(=NO)c1ncccc1CNc1ccc(Cl)cc1. The van der Waals surface area contributed by atoms with Crippen LogP contribution in [0.25, 0.3) is 0 Å². The first-order valence-electron chi connectivity index (χ1n) is 5.62. The van der Waals surface area contributed by atoms with Crippen LogP contribution in [0.3, 0.4) is 0 Å². The highest BCUT2D eigenvalue weighted by molar-refractivity contribution is 6.30. The molecule has 98 valence electrons. The smallest absolute Gasteiger partial charge is 0.189 e. The molecule has 4 N–H and O–H groups in total. The minimum absolute atomic E-state index is 0.00601. The molecule has 0 saturated carbocycles. The maximum Gasteiger partial charge on any atom is 0.189 e. The number of nitrogens with zero attached hydrogens (tertiary/aromatic N) is 2. The highest BCUT2D eigenvalue weighted by Gasteiger charge is 2.07. The summed E-state index contributed by atoms with van der Waals surface area (Å²) in [5.41, 5.74) is 7.81. The molecule has 0 aliphatic rings. The standard InChI is InChI=1S/C13H13ClN4O/c14-10-3-5-11(6-4-10)17-8-9-2-1-7-16-12(9)13(15)18-19/h1-7,17,19H,8H2,(H2,15,18). The predicted octanol–water partition coefficient (Wildman–Crippen LogP) is 2.44. The third-order valence-corrected chi connectivity index (χ3v) is 2.82. The molecule has 0 atom stereocenters. The quantitative estimate of drug-likeness (QED) is 0.347. The van der Waals surface area contributed by atoms with Gasteiger partial charge in [0.1, 0.15) is 5.69 Å². The summed E-state index contributed by atoms with van der Waals surface area (Å²) in [5.74, 6) is -0.00601. The van der Waals surface area contributed by atoms with Crippen LogP contribution < -0.4 is 11.1 Å². The minimum atomic E-state index is -0.00601. The molecule has 0 radical (unpaired) electrons. The summed E-state index contributed by atoms with van der Waals surface area (Å²) in [5, 5.41) is 15.6. The third kappa shape index (κ3) is 3.35. The van der Waals surface area contributed by atoms with E-state index in [1.807, 2.05) is 18.2 Å². The van der Waals surface area contributed by atoms with Gasteiger partial charge in [0.15, 0.2) is 5.84 Å². The Kier molecular flexibility index (Phi) is 4.20. The summed E-state index contributed by atoms with van der Waals surface area (Å²) >= 11 is 5.82. The Morgan fingerprint density at radius 1 is 1.32 bits per heavy atom. The molecular weight excluding hydrogens is 264 g/mol. The topological polar surface area (TPSA) is 83.5 Å². The number of hydrogen-bond donors (Lipinski definition) is 3. The van der Waals surface area contributed by atoms with Crippen LogP contribution in [-0.4, -0.2) is 16.0 Å². The molecule has 0 fully saturated rings. The maximum absolute atomic E-state index is 8.72. The summed E-state index contributed by atoms with van der Waals surface area (Å²) in [6.45, 7) is 0.515. The van der Waals surface area contributed by atoms with Crippen molar-refractivity contribution in [3.8, 4) is 0 Å². The molecule has 1 aromatic carbocycles. The van der Waals surface area contributed by atoms with Crippen molar-refractivity contribution in [2.24, 2.45) is 10.9 Å². The Balaban J connectivity index is 2.13. The first-order valence-corrected chi connectivity index (χ1v) is 5.99. The van der Waals surface area contributed by atoms with Crippen molar-refractivity contribution in [3.05, 3.63) is 58.9 Å². The molecule has 0 aliphatic carbocycles. The zero-order valence-electron chi connectivity index (χ0n) is 10.0. The number of halogens is 1. The van der Waals surface area contributed by atoms with E-state index in [0.29, 0.717) is 17.3 Å². The van der Waals surface area contributed by atoms with E-state index in [-0.39, 0.29) is 5.84 Å². The van der Waals surface area contributed by atoms with Crippen molar-refractivity contribution < 1.29 is 5.21 Å². The highest BCUT2D eigenvalue weighted by atomic mass is 35.5. The van der Waals surface area contributed by atoms with Gasteiger partial charge in [0.05, 0.1) is 0 Å². The summed E-state index contributed by atoms with van der Waals surface area (Å²) in [6, 6.07) is 11.0. The molecule has 2 rings (SSSR count). The molecule has 2 aromatic rings. The van der Waals surface area contributed by atoms with Gasteiger partial charge in [0, 0.05) is 29.0 Å². The monoisotopic (exact) mass is 276 g/mol. The van der Waals surface area contributed by atoms with Gasteiger partial charge in [-0.15, -0.1) is 0 Å². The molecule has 1 heterocycles. The van der Waals surface area contributed by atoms with Crippen LogP contribution in [0.15, 0.2) is 47.8 Å². The lowest BCUT2D eigenvalue weighted by Crippen LogP contribution is -2.18. The maximum atomic E-state index is 8.72. The minimum Gasteiger partial charge on any atom is -0.409 e. The number of nitrogens with two attached hydrogens (primary N) is 1. The lowest BCUT2D eigenvalue weighted by atomic mass is 10.1. The molecule has 0 aliphatic heterocycles. The van der Waals surface area contributed by atoms with Gasteiger partial charge in [-0.05, 0) is 30.3 Å². The lowest BCUT2D eigenvalue weighted by Gasteiger charge is -2.09. The van der Waals surface area contributed by atoms with Crippen molar-refractivity contribution >= 4 is 23.1 Å². The molecule has 19 heavy (non-hydrogen) atoms. The van der Waals surface area contributed by atoms with Crippen LogP contribution in [-0.2, 0) is 6.54 Å². The Morgan fingerprint density at radius 3 is 2.74 bits per heavy atom. The molecule has 0 unspecified atom stereocenters. The summed E-state index contributed by atoms with van der Waals surface area (Å²) < 4.78 is 0. The number of hydrogen-bond acceptors (Lipinski definition) is 4. The average molecular weight is 277 g/mol. The number of aromatic nitrogens is 1. The van der Waals surface area contributed by atoms with Crippen molar-refractivity contribution in [2.75, 3.05) is 5.32 Å². The first-order chi connectivity index (χ1) is 9.20. The second-order valence-electron chi connectivity index (χ2n) is 3.86. The zero-order chi connectivity index (χ0) is 13.7. The molecule has 0 bridgehead atoms. The van der Waals surface area contributed by atoms with Crippen molar-refractivity contribution in [3.63, 3.8) is 0 Å². The fraction of sp³-hybridized carbons (Fsp3) is 0.0769. The average Bonchev–Trinajstić information content (AvgIpc) is 2.46. The second kappa shape index (κ2) is 6.06. The largest absolute Gasteiger partial charge is 0.409 e. The van der Waals surface area contributed by atoms with Crippen molar-refractivity contribution in [2.45, 2.75) is 6.54 Å². The summed E-state index contributed by atoms with van der Waals surface area (Å²) in [7, 11) is 0. The van der Waals surface area contributed by atoms with Gasteiger partial charge >= 0.3 is 0 Å². The van der Waals surface area contributed by atoms with E-state index in [0.717, 1.165) is 11.3 Å². The van der Waals surface area contributed by atoms with E-state index in [9.17, 15) is 0 Å². The Hall–Kier alpha value is -2.27. The van der Waals surface area contributed by atoms with E-state index in [2.05, 4.69) is 15.5 Å². The van der Waals surface area contributed by atoms with E-state index < -0.39 is 0 Å². The molecule has 0 amide bonds. The van der Waals surface area contributed by atoms with Gasteiger partial charge < -0.3 is 16.3 Å². The number of benzene rings is 1. The van der Waals surface area contributed by atoms with Crippen molar-refractivity contribution in [1.29, 1.82) is 0 Å². The van der Waals surface area contributed by atoms with Gasteiger partial charge in [-0.3, -0.25) is 4.98 Å². The van der Waals surface area contributed by atoms with Gasteiger partial charge in [0.25, 0.3) is 0 Å². The number of rotatable bonds is 4. The zero-order valence-corrected chi connectivity index (χ0v) is 10.8. The number of pyridine rings is 1. The molecule has 1 aromatic heterocycles. The van der Waals surface area contributed by atoms with Crippen molar-refractivity contribution in [1.82, 2.24) is 4.98 Å². The van der Waals surface area contributed by atoms with Crippen LogP contribution >= 0.6 is 11.6 Å². The number of oxime groups is 1. The predicted molar refractivity (Wildman–Crippen MR) is 75.5 cm³/mol. The second-order valence-corrected chi connectivity index (χ2v) is 4.29.